The van der Waals surface area contributed by atoms with Crippen LogP contribution in [0.15, 0.2) is 54.9 Å². The number of ether oxygens (including phenoxy) is 1. The van der Waals surface area contributed by atoms with Gasteiger partial charge in [0.05, 0.1) is 30.0 Å². The van der Waals surface area contributed by atoms with Crippen LogP contribution in [0.2, 0.25) is 0 Å². The quantitative estimate of drug-likeness (QED) is 0.720. The van der Waals surface area contributed by atoms with Crippen molar-refractivity contribution in [3.63, 3.8) is 0 Å². The van der Waals surface area contributed by atoms with E-state index in [1.165, 1.54) is 0 Å². The van der Waals surface area contributed by atoms with Crippen LogP contribution >= 0.6 is 0 Å². The number of hydrogen-bond acceptors (Lipinski definition) is 3. The zero-order valence-corrected chi connectivity index (χ0v) is 15.6. The maximum Gasteiger partial charge on any atom is 0.222 e. The fourth-order valence-electron chi connectivity index (χ4n) is 4.22. The van der Waals surface area contributed by atoms with Gasteiger partial charge in [-0.05, 0) is 31.0 Å². The number of imidazole rings is 1. The van der Waals surface area contributed by atoms with Crippen LogP contribution in [0, 0.1) is 0 Å². The highest BCUT2D eigenvalue weighted by Crippen LogP contribution is 2.42. The number of para-hydroxylation sites is 3. The molecule has 0 spiro atoms. The van der Waals surface area contributed by atoms with Crippen LogP contribution in [0.4, 0.5) is 0 Å². The second kappa shape index (κ2) is 7.43. The van der Waals surface area contributed by atoms with E-state index in [0.29, 0.717) is 13.0 Å². The fourth-order valence-corrected chi connectivity index (χ4v) is 4.22. The number of nitrogens with zero attached hydrogens (tertiary/aromatic N) is 2. The summed E-state index contributed by atoms with van der Waals surface area (Å²) in [6.45, 7) is 0.619. The molecule has 5 nitrogen and oxygen atoms in total. The zero-order chi connectivity index (χ0) is 18.7. The number of amides is 1. The van der Waals surface area contributed by atoms with Crippen LogP contribution in [-0.2, 0) is 16.9 Å². The highest BCUT2D eigenvalue weighted by atomic mass is 16.5. The van der Waals surface area contributed by atoms with Crippen molar-refractivity contribution in [3.05, 3.63) is 60.4 Å². The number of hydrogen-bond donors (Lipinski definition) is 1. The number of carbonyl (C=O) groups is 1. The first kappa shape index (κ1) is 17.6. The second-order valence-corrected chi connectivity index (χ2v) is 7.21. The van der Waals surface area contributed by atoms with Gasteiger partial charge in [0.2, 0.25) is 5.91 Å². The van der Waals surface area contributed by atoms with Crippen molar-refractivity contribution >= 4 is 16.9 Å². The molecule has 1 saturated carbocycles. The van der Waals surface area contributed by atoms with Gasteiger partial charge in [0, 0.05) is 18.5 Å². The summed E-state index contributed by atoms with van der Waals surface area (Å²) < 4.78 is 7.61. The zero-order valence-electron chi connectivity index (χ0n) is 15.6. The van der Waals surface area contributed by atoms with E-state index in [4.69, 9.17) is 4.74 Å². The lowest BCUT2D eigenvalue weighted by atomic mass is 9.87. The number of fused-ring (bicyclic) bond motifs is 1. The average Bonchev–Trinajstić information content (AvgIpc) is 3.34. The molecule has 2 aromatic carbocycles. The fraction of sp³-hybridized carbons (Fsp3) is 0.364. The second-order valence-electron chi connectivity index (χ2n) is 7.21. The Morgan fingerprint density at radius 1 is 1.15 bits per heavy atom. The van der Waals surface area contributed by atoms with Crippen LogP contribution in [0.25, 0.3) is 11.0 Å². The summed E-state index contributed by atoms with van der Waals surface area (Å²) in [6.07, 6.45) is 6.37. The Hall–Kier alpha value is -2.82. The van der Waals surface area contributed by atoms with E-state index in [1.54, 1.807) is 7.11 Å². The molecule has 0 unspecified atom stereocenters. The van der Waals surface area contributed by atoms with Gasteiger partial charge >= 0.3 is 0 Å². The Morgan fingerprint density at radius 3 is 2.70 bits per heavy atom. The molecule has 1 aliphatic carbocycles. The molecule has 0 bridgehead atoms. The number of nitrogens with one attached hydrogen (secondary N) is 1. The molecule has 1 heterocycles. The van der Waals surface area contributed by atoms with Gasteiger partial charge in [0.1, 0.15) is 5.75 Å². The number of carbonyl (C=O) groups excluding carboxylic acids is 1. The van der Waals surface area contributed by atoms with Crippen molar-refractivity contribution in [2.45, 2.75) is 44.2 Å². The van der Waals surface area contributed by atoms with E-state index in [9.17, 15) is 4.79 Å². The molecule has 0 aliphatic heterocycles. The lowest BCUT2D eigenvalue weighted by molar-refractivity contribution is -0.123. The van der Waals surface area contributed by atoms with E-state index >= 15 is 0 Å². The summed E-state index contributed by atoms with van der Waals surface area (Å²) in [5, 5.41) is 3.34. The third-order valence-electron chi connectivity index (χ3n) is 5.57. The van der Waals surface area contributed by atoms with Gasteiger partial charge in [0.15, 0.2) is 0 Å². The molecule has 1 N–H and O–H groups in total. The largest absolute Gasteiger partial charge is 0.496 e. The van der Waals surface area contributed by atoms with Gasteiger partial charge in [-0.15, -0.1) is 0 Å². The lowest BCUT2D eigenvalue weighted by Crippen LogP contribution is -2.44. The summed E-state index contributed by atoms with van der Waals surface area (Å²) >= 11 is 0. The van der Waals surface area contributed by atoms with Crippen LogP contribution < -0.4 is 10.1 Å². The maximum absolute atomic E-state index is 12.8. The van der Waals surface area contributed by atoms with Crippen molar-refractivity contribution in [1.82, 2.24) is 14.9 Å². The molecule has 1 fully saturated rings. The van der Waals surface area contributed by atoms with E-state index < -0.39 is 0 Å². The van der Waals surface area contributed by atoms with Gasteiger partial charge in [0.25, 0.3) is 0 Å². The summed E-state index contributed by atoms with van der Waals surface area (Å²) in [6, 6.07) is 16.0. The summed E-state index contributed by atoms with van der Waals surface area (Å²) in [5.74, 6) is 0.917. The van der Waals surface area contributed by atoms with E-state index in [1.807, 2.05) is 53.4 Å². The molecular weight excluding hydrogens is 338 g/mol. The number of aryl methyl sites for hydroxylation is 1. The first-order valence-electron chi connectivity index (χ1n) is 9.56. The topological polar surface area (TPSA) is 56.1 Å². The van der Waals surface area contributed by atoms with Gasteiger partial charge in [-0.2, -0.15) is 0 Å². The molecule has 4 rings (SSSR count). The highest BCUT2D eigenvalue weighted by molar-refractivity contribution is 5.78. The number of methoxy groups -OCH3 is 1. The Morgan fingerprint density at radius 2 is 1.89 bits per heavy atom. The van der Waals surface area contributed by atoms with E-state index in [-0.39, 0.29) is 11.4 Å². The molecule has 3 aromatic rings. The smallest absolute Gasteiger partial charge is 0.222 e. The van der Waals surface area contributed by atoms with Crippen LogP contribution in [0.3, 0.4) is 0 Å². The summed E-state index contributed by atoms with van der Waals surface area (Å²) in [7, 11) is 1.69. The predicted octanol–water partition coefficient (Wildman–Crippen LogP) is 4.02. The van der Waals surface area contributed by atoms with E-state index in [2.05, 4.69) is 16.4 Å². The van der Waals surface area contributed by atoms with Crippen LogP contribution in [0.5, 0.6) is 5.75 Å². The summed E-state index contributed by atoms with van der Waals surface area (Å²) in [5.41, 5.74) is 2.79. The SMILES string of the molecule is COc1ccccc1C1(NC(=O)CCn2cnc3ccccc32)CCCC1. The van der Waals surface area contributed by atoms with Gasteiger partial charge < -0.3 is 14.6 Å². The number of benzene rings is 2. The average molecular weight is 363 g/mol. The summed E-state index contributed by atoms with van der Waals surface area (Å²) in [4.78, 5) is 17.2. The van der Waals surface area contributed by atoms with Crippen molar-refractivity contribution in [1.29, 1.82) is 0 Å². The Labute approximate surface area is 159 Å². The van der Waals surface area contributed by atoms with Crippen molar-refractivity contribution < 1.29 is 9.53 Å². The molecule has 0 saturated heterocycles. The first-order chi connectivity index (χ1) is 13.2. The van der Waals surface area contributed by atoms with Crippen LogP contribution in [-0.4, -0.2) is 22.6 Å². The minimum atomic E-state index is -0.319. The van der Waals surface area contributed by atoms with Crippen molar-refractivity contribution in [2.75, 3.05) is 7.11 Å². The highest BCUT2D eigenvalue weighted by Gasteiger charge is 2.38. The van der Waals surface area contributed by atoms with Crippen molar-refractivity contribution in [2.24, 2.45) is 0 Å². The molecule has 1 amide bonds. The predicted molar refractivity (Wildman–Crippen MR) is 106 cm³/mol. The third-order valence-corrected chi connectivity index (χ3v) is 5.57. The van der Waals surface area contributed by atoms with Gasteiger partial charge in [-0.1, -0.05) is 43.2 Å². The number of aromatic nitrogens is 2. The molecular formula is C22H25N3O2. The van der Waals surface area contributed by atoms with E-state index in [0.717, 1.165) is 48.0 Å². The first-order valence-corrected chi connectivity index (χ1v) is 9.56. The molecule has 0 atom stereocenters. The van der Waals surface area contributed by atoms with Crippen molar-refractivity contribution in [3.8, 4) is 5.75 Å². The lowest BCUT2D eigenvalue weighted by Gasteiger charge is -2.32. The Balaban J connectivity index is 1.50. The molecule has 0 radical (unpaired) electrons. The molecule has 1 aromatic heterocycles. The Kier molecular flexibility index (Phi) is 4.84. The molecule has 27 heavy (non-hydrogen) atoms. The monoisotopic (exact) mass is 363 g/mol. The van der Waals surface area contributed by atoms with Crippen LogP contribution in [0.1, 0.15) is 37.7 Å². The van der Waals surface area contributed by atoms with Gasteiger partial charge in [-0.25, -0.2) is 4.98 Å². The number of rotatable bonds is 6. The molecule has 5 heteroatoms. The Bertz CT molecular complexity index is 941. The minimum absolute atomic E-state index is 0.0700. The standard InChI is InChI=1S/C22H25N3O2/c1-27-20-11-5-2-8-17(20)22(13-6-7-14-22)24-21(26)12-15-25-16-23-18-9-3-4-10-19(18)25/h2-5,8-11,16H,6-7,12-15H2,1H3,(H,24,26). The maximum atomic E-state index is 12.8. The molecule has 140 valence electrons. The van der Waals surface area contributed by atoms with Gasteiger partial charge in [-0.3, -0.25) is 4.79 Å². The third kappa shape index (κ3) is 3.42. The normalized spacial score (nSPS) is 15.7. The minimum Gasteiger partial charge on any atom is -0.496 e. The molecule has 1 aliphatic rings.